The van der Waals surface area contributed by atoms with Crippen molar-refractivity contribution < 1.29 is 31.5 Å². The molecule has 0 fully saturated rings. The van der Waals surface area contributed by atoms with Gasteiger partial charge < -0.3 is 15.0 Å². The number of anilines is 1. The topological polar surface area (TPSA) is 96.0 Å². The normalized spacial score (nSPS) is 12.8. The first-order chi connectivity index (χ1) is 19.0. The summed E-state index contributed by atoms with van der Waals surface area (Å²) in [4.78, 5) is 27.8. The van der Waals surface area contributed by atoms with E-state index < -0.39 is 46.1 Å². The number of ether oxygens (including phenoxy) is 1. The van der Waals surface area contributed by atoms with E-state index in [0.29, 0.717) is 12.2 Å². The second-order valence-corrected chi connectivity index (χ2v) is 11.1. The number of rotatable bonds is 12. The summed E-state index contributed by atoms with van der Waals surface area (Å²) >= 11 is 0. The van der Waals surface area contributed by atoms with Crippen LogP contribution in [0.3, 0.4) is 0 Å². The maximum atomic E-state index is 14.6. The van der Waals surface area contributed by atoms with Gasteiger partial charge in [-0.25, -0.2) is 17.2 Å². The number of sulfonamides is 1. The van der Waals surface area contributed by atoms with E-state index in [1.165, 1.54) is 68.6 Å². The number of hydrogen-bond acceptors (Lipinski definition) is 5. The molecule has 0 aliphatic heterocycles. The molecule has 0 radical (unpaired) electrons. The van der Waals surface area contributed by atoms with Crippen LogP contribution in [0.15, 0.2) is 77.7 Å². The van der Waals surface area contributed by atoms with E-state index in [9.17, 15) is 26.8 Å². The Morgan fingerprint density at radius 2 is 1.57 bits per heavy atom. The van der Waals surface area contributed by atoms with Crippen molar-refractivity contribution in [3.05, 3.63) is 90.0 Å². The van der Waals surface area contributed by atoms with Gasteiger partial charge in [-0.2, -0.15) is 0 Å². The van der Waals surface area contributed by atoms with Crippen molar-refractivity contribution in [1.82, 2.24) is 10.2 Å². The Balaban J connectivity index is 2.03. The lowest BCUT2D eigenvalue weighted by molar-refractivity contribution is -0.139. The second kappa shape index (κ2) is 13.4. The first kappa shape index (κ1) is 30.6. The van der Waals surface area contributed by atoms with Crippen molar-refractivity contribution in [3.8, 4) is 5.75 Å². The molecule has 0 aliphatic carbocycles. The van der Waals surface area contributed by atoms with Gasteiger partial charge in [-0.3, -0.25) is 13.9 Å². The van der Waals surface area contributed by atoms with Crippen molar-refractivity contribution >= 4 is 27.5 Å². The molecule has 0 aliphatic rings. The van der Waals surface area contributed by atoms with E-state index in [4.69, 9.17) is 4.74 Å². The predicted molar refractivity (Wildman–Crippen MR) is 148 cm³/mol. The molecule has 0 heterocycles. The Morgan fingerprint density at radius 3 is 2.15 bits per heavy atom. The molecule has 0 saturated heterocycles. The molecule has 0 saturated carbocycles. The number of halogens is 2. The molecular weight excluding hydrogens is 540 g/mol. The minimum absolute atomic E-state index is 0.0353. The SMILES string of the molecule is CC[C@@H](C)NC(=O)[C@@H](C)N(Cc1ccccc1F)C(=O)CN(c1ccc(F)cc1)S(=O)(=O)c1ccc(OC)cc1. The Morgan fingerprint density at radius 1 is 0.950 bits per heavy atom. The molecule has 3 rings (SSSR count). The van der Waals surface area contributed by atoms with Crippen molar-refractivity contribution in [1.29, 1.82) is 0 Å². The van der Waals surface area contributed by atoms with Crippen LogP contribution in [-0.2, 0) is 26.2 Å². The van der Waals surface area contributed by atoms with E-state index in [1.807, 2.05) is 13.8 Å². The summed E-state index contributed by atoms with van der Waals surface area (Å²) in [5, 5.41) is 2.81. The van der Waals surface area contributed by atoms with Crippen LogP contribution in [0.4, 0.5) is 14.5 Å². The fraction of sp³-hybridized carbons (Fsp3) is 0.310. The average molecular weight is 574 g/mol. The lowest BCUT2D eigenvalue weighted by Crippen LogP contribution is -2.52. The summed E-state index contributed by atoms with van der Waals surface area (Å²) in [6.45, 7) is 4.19. The van der Waals surface area contributed by atoms with E-state index in [0.717, 1.165) is 21.3 Å². The van der Waals surface area contributed by atoms with Crippen LogP contribution in [0.5, 0.6) is 5.75 Å². The zero-order valence-corrected chi connectivity index (χ0v) is 23.6. The van der Waals surface area contributed by atoms with Gasteiger partial charge in [0.05, 0.1) is 17.7 Å². The molecule has 3 aromatic carbocycles. The summed E-state index contributed by atoms with van der Waals surface area (Å²) in [5.74, 6) is -1.95. The zero-order chi connectivity index (χ0) is 29.4. The largest absolute Gasteiger partial charge is 0.497 e. The summed E-state index contributed by atoms with van der Waals surface area (Å²) in [7, 11) is -2.90. The highest BCUT2D eigenvalue weighted by atomic mass is 32.2. The first-order valence-corrected chi connectivity index (χ1v) is 14.2. The quantitative estimate of drug-likeness (QED) is 0.344. The molecular formula is C29H33F2N3O5S. The molecule has 8 nitrogen and oxygen atoms in total. The van der Waals surface area contributed by atoms with Gasteiger partial charge in [0.2, 0.25) is 11.8 Å². The molecule has 2 atom stereocenters. The van der Waals surface area contributed by atoms with Gasteiger partial charge in [0.25, 0.3) is 10.0 Å². The van der Waals surface area contributed by atoms with Gasteiger partial charge in [-0.05, 0) is 74.9 Å². The second-order valence-electron chi connectivity index (χ2n) is 9.27. The zero-order valence-electron chi connectivity index (χ0n) is 22.8. The minimum Gasteiger partial charge on any atom is -0.497 e. The highest BCUT2D eigenvalue weighted by Gasteiger charge is 2.33. The maximum Gasteiger partial charge on any atom is 0.264 e. The molecule has 214 valence electrons. The monoisotopic (exact) mass is 573 g/mol. The van der Waals surface area contributed by atoms with Crippen LogP contribution in [0.2, 0.25) is 0 Å². The number of nitrogens with zero attached hydrogens (tertiary/aromatic N) is 2. The van der Waals surface area contributed by atoms with Crippen LogP contribution in [0.1, 0.15) is 32.8 Å². The number of methoxy groups -OCH3 is 1. The summed E-state index contributed by atoms with van der Waals surface area (Å²) in [6.07, 6.45) is 0.651. The van der Waals surface area contributed by atoms with Crippen molar-refractivity contribution in [2.75, 3.05) is 18.0 Å². The third-order valence-electron chi connectivity index (χ3n) is 6.51. The van der Waals surface area contributed by atoms with E-state index in [2.05, 4.69) is 5.32 Å². The lowest BCUT2D eigenvalue weighted by atomic mass is 10.1. The Hall–Kier alpha value is -3.99. The highest BCUT2D eigenvalue weighted by molar-refractivity contribution is 7.92. The van der Waals surface area contributed by atoms with E-state index in [-0.39, 0.29) is 28.7 Å². The van der Waals surface area contributed by atoms with Crippen molar-refractivity contribution in [2.24, 2.45) is 0 Å². The van der Waals surface area contributed by atoms with Crippen LogP contribution < -0.4 is 14.4 Å². The Labute approximate surface area is 233 Å². The van der Waals surface area contributed by atoms with Crippen LogP contribution in [0.25, 0.3) is 0 Å². The number of carbonyl (C=O) groups excluding carboxylic acids is 2. The van der Waals surface area contributed by atoms with Gasteiger partial charge >= 0.3 is 0 Å². The third kappa shape index (κ3) is 7.35. The van der Waals surface area contributed by atoms with E-state index >= 15 is 0 Å². The summed E-state index contributed by atoms with van der Waals surface area (Å²) < 4.78 is 61.8. The highest BCUT2D eigenvalue weighted by Crippen LogP contribution is 2.26. The van der Waals surface area contributed by atoms with Gasteiger partial charge in [-0.15, -0.1) is 0 Å². The Bertz CT molecular complexity index is 1420. The van der Waals surface area contributed by atoms with Crippen LogP contribution in [-0.4, -0.2) is 50.9 Å². The average Bonchev–Trinajstić information content (AvgIpc) is 2.95. The molecule has 0 spiro atoms. The number of amides is 2. The third-order valence-corrected chi connectivity index (χ3v) is 8.30. The number of hydrogen-bond donors (Lipinski definition) is 1. The van der Waals surface area contributed by atoms with Gasteiger partial charge in [0, 0.05) is 18.2 Å². The molecule has 11 heteroatoms. The number of nitrogens with one attached hydrogen (secondary N) is 1. The Kier molecular flexibility index (Phi) is 10.2. The molecule has 0 aromatic heterocycles. The van der Waals surface area contributed by atoms with Gasteiger partial charge in [0.15, 0.2) is 0 Å². The lowest BCUT2D eigenvalue weighted by Gasteiger charge is -2.32. The molecule has 40 heavy (non-hydrogen) atoms. The standard InChI is InChI=1S/C29H33F2N3O5S/c1-5-20(2)32-29(36)21(3)33(18-22-8-6-7-9-27(22)31)28(35)19-34(24-12-10-23(30)11-13-24)40(37,38)26-16-14-25(39-4)15-17-26/h6-17,20-21H,5,18-19H2,1-4H3,(H,32,36)/t20-,21-/m1/s1. The van der Waals surface area contributed by atoms with Gasteiger partial charge in [0.1, 0.15) is 30.0 Å². The predicted octanol–water partition coefficient (Wildman–Crippen LogP) is 4.50. The van der Waals surface area contributed by atoms with E-state index in [1.54, 1.807) is 6.07 Å². The van der Waals surface area contributed by atoms with Crippen LogP contribution >= 0.6 is 0 Å². The summed E-state index contributed by atoms with van der Waals surface area (Å²) in [6, 6.07) is 14.8. The van der Waals surface area contributed by atoms with Crippen molar-refractivity contribution in [2.45, 2.75) is 50.7 Å². The first-order valence-electron chi connectivity index (χ1n) is 12.7. The molecule has 3 aromatic rings. The van der Waals surface area contributed by atoms with Crippen molar-refractivity contribution in [3.63, 3.8) is 0 Å². The van der Waals surface area contributed by atoms with Gasteiger partial charge in [-0.1, -0.05) is 25.1 Å². The smallest absolute Gasteiger partial charge is 0.264 e. The summed E-state index contributed by atoms with van der Waals surface area (Å²) in [5.41, 5.74) is 0.193. The molecule has 1 N–H and O–H groups in total. The molecule has 2 amide bonds. The fourth-order valence-corrected chi connectivity index (χ4v) is 5.28. The maximum absolute atomic E-state index is 14.6. The number of carbonyl (C=O) groups is 2. The minimum atomic E-state index is -4.34. The fourth-order valence-electron chi connectivity index (χ4n) is 3.87. The molecule has 0 bridgehead atoms. The van der Waals surface area contributed by atoms with Crippen LogP contribution in [0, 0.1) is 11.6 Å². The number of benzene rings is 3. The molecule has 0 unspecified atom stereocenters.